The van der Waals surface area contributed by atoms with Crippen molar-refractivity contribution < 1.29 is 13.2 Å². The van der Waals surface area contributed by atoms with E-state index in [4.69, 9.17) is 5.26 Å². The molecule has 3 heterocycles. The van der Waals surface area contributed by atoms with Gasteiger partial charge in [0.2, 0.25) is 5.95 Å². The fourth-order valence-corrected chi connectivity index (χ4v) is 2.73. The summed E-state index contributed by atoms with van der Waals surface area (Å²) < 4.78 is 38.5. The van der Waals surface area contributed by atoms with Crippen LogP contribution in [0.25, 0.3) is 0 Å². The van der Waals surface area contributed by atoms with Crippen LogP contribution < -0.4 is 9.80 Å². The minimum absolute atomic E-state index is 0.0432. The molecule has 1 aliphatic rings. The van der Waals surface area contributed by atoms with Crippen molar-refractivity contribution in [3.63, 3.8) is 0 Å². The van der Waals surface area contributed by atoms with Crippen LogP contribution in [0.5, 0.6) is 0 Å². The molecule has 130 valence electrons. The number of nitriles is 1. The molecule has 0 amide bonds. The molecular weight excluding hydrogens is 335 g/mol. The minimum Gasteiger partial charge on any atom is -0.350 e. The van der Waals surface area contributed by atoms with E-state index >= 15 is 0 Å². The highest BCUT2D eigenvalue weighted by atomic mass is 19.4. The molecule has 0 unspecified atom stereocenters. The van der Waals surface area contributed by atoms with E-state index in [2.05, 4.69) is 19.9 Å². The van der Waals surface area contributed by atoms with Crippen molar-refractivity contribution in [1.82, 2.24) is 19.9 Å². The van der Waals surface area contributed by atoms with Crippen LogP contribution in [0.3, 0.4) is 0 Å². The van der Waals surface area contributed by atoms with Crippen LogP contribution in [-0.4, -0.2) is 45.6 Å². The molecule has 0 radical (unpaired) electrons. The zero-order valence-electron chi connectivity index (χ0n) is 13.3. The average molecular weight is 349 g/mol. The third-order valence-corrected chi connectivity index (χ3v) is 3.90. The second kappa shape index (κ2) is 6.51. The van der Waals surface area contributed by atoms with Gasteiger partial charge in [0.25, 0.3) is 0 Å². The monoisotopic (exact) mass is 349 g/mol. The first kappa shape index (κ1) is 16.9. The summed E-state index contributed by atoms with van der Waals surface area (Å²) in [7, 11) is 0. The van der Waals surface area contributed by atoms with Crippen molar-refractivity contribution >= 4 is 11.8 Å². The molecule has 0 saturated carbocycles. The molecule has 25 heavy (non-hydrogen) atoms. The maximum Gasteiger partial charge on any atom is 0.433 e. The number of alkyl halides is 3. The largest absolute Gasteiger partial charge is 0.433 e. The lowest BCUT2D eigenvalue weighted by Crippen LogP contribution is -2.53. The van der Waals surface area contributed by atoms with Crippen LogP contribution in [0, 0.1) is 11.3 Å². The van der Waals surface area contributed by atoms with Crippen molar-refractivity contribution in [2.24, 2.45) is 0 Å². The Bertz CT molecular complexity index is 802. The maximum absolute atomic E-state index is 12.8. The predicted molar refractivity (Wildman–Crippen MR) is 82.8 cm³/mol. The van der Waals surface area contributed by atoms with Crippen molar-refractivity contribution in [3.05, 3.63) is 36.0 Å². The van der Waals surface area contributed by atoms with E-state index in [0.29, 0.717) is 25.5 Å². The fourth-order valence-electron chi connectivity index (χ4n) is 2.73. The molecule has 1 aliphatic heterocycles. The molecule has 1 saturated heterocycles. The lowest BCUT2D eigenvalue weighted by atomic mass is 10.2. The summed E-state index contributed by atoms with van der Waals surface area (Å²) in [6.07, 6.45) is -0.452. The van der Waals surface area contributed by atoms with E-state index in [0.717, 1.165) is 12.3 Å². The van der Waals surface area contributed by atoms with Crippen molar-refractivity contribution in [2.75, 3.05) is 29.4 Å². The smallest absolute Gasteiger partial charge is 0.350 e. The molecule has 1 atom stereocenters. The molecule has 7 nitrogen and oxygen atoms in total. The Morgan fingerprint density at radius 1 is 1.16 bits per heavy atom. The Morgan fingerprint density at radius 2 is 1.92 bits per heavy atom. The summed E-state index contributed by atoms with van der Waals surface area (Å²) in [4.78, 5) is 19.4. The van der Waals surface area contributed by atoms with E-state index in [9.17, 15) is 13.2 Å². The van der Waals surface area contributed by atoms with Crippen molar-refractivity contribution in [3.8, 4) is 6.07 Å². The number of hydrogen-bond donors (Lipinski definition) is 0. The van der Waals surface area contributed by atoms with E-state index in [-0.39, 0.29) is 17.7 Å². The van der Waals surface area contributed by atoms with Crippen LogP contribution in [-0.2, 0) is 6.18 Å². The first-order valence-corrected chi connectivity index (χ1v) is 7.53. The van der Waals surface area contributed by atoms with Gasteiger partial charge in [0.05, 0.1) is 0 Å². The third-order valence-electron chi connectivity index (χ3n) is 3.90. The van der Waals surface area contributed by atoms with Crippen LogP contribution in [0.15, 0.2) is 24.7 Å². The number of piperazine rings is 1. The molecule has 3 rings (SSSR count). The summed E-state index contributed by atoms with van der Waals surface area (Å²) in [5, 5.41) is 9.14. The molecule has 0 spiro atoms. The summed E-state index contributed by atoms with van der Waals surface area (Å²) in [6, 6.07) is 2.69. The zero-order chi connectivity index (χ0) is 18.0. The molecule has 2 aromatic rings. The average Bonchev–Trinajstić information content (AvgIpc) is 2.61. The third kappa shape index (κ3) is 3.45. The van der Waals surface area contributed by atoms with E-state index < -0.39 is 11.9 Å². The topological polar surface area (TPSA) is 81.8 Å². The molecular formula is C15H14F3N7. The van der Waals surface area contributed by atoms with Crippen LogP contribution in [0.1, 0.15) is 18.3 Å². The molecule has 0 aromatic carbocycles. The quantitative estimate of drug-likeness (QED) is 0.818. The fraction of sp³-hybridized carbons (Fsp3) is 0.400. The number of aromatic nitrogens is 4. The SMILES string of the molecule is C[C@H]1CN(c2nccnc2C#N)CCN1c1nccc(C(F)(F)F)n1. The lowest BCUT2D eigenvalue weighted by Gasteiger charge is -2.40. The highest BCUT2D eigenvalue weighted by Crippen LogP contribution is 2.29. The van der Waals surface area contributed by atoms with Crippen LogP contribution in [0.2, 0.25) is 0 Å². The Morgan fingerprint density at radius 3 is 2.60 bits per heavy atom. The first-order valence-electron chi connectivity index (χ1n) is 7.53. The number of anilines is 2. The number of halogens is 3. The van der Waals surface area contributed by atoms with Gasteiger partial charge in [-0.3, -0.25) is 0 Å². The number of nitrogens with zero attached hydrogens (tertiary/aromatic N) is 7. The summed E-state index contributed by atoms with van der Waals surface area (Å²) in [5.74, 6) is 0.517. The zero-order valence-corrected chi connectivity index (χ0v) is 13.3. The standard InChI is InChI=1S/C15H14F3N7/c1-10-9-24(13-11(8-19)20-4-5-21-13)6-7-25(10)14-22-3-2-12(23-14)15(16,17)18/h2-5,10H,6-7,9H2,1H3/t10-/m0/s1. The second-order valence-corrected chi connectivity index (χ2v) is 5.57. The van der Waals surface area contributed by atoms with E-state index in [1.807, 2.05) is 17.9 Å². The van der Waals surface area contributed by atoms with E-state index in [1.54, 1.807) is 4.90 Å². The lowest BCUT2D eigenvalue weighted by molar-refractivity contribution is -0.141. The Labute approximate surface area is 141 Å². The number of rotatable bonds is 2. The van der Waals surface area contributed by atoms with Gasteiger partial charge in [-0.15, -0.1) is 0 Å². The molecule has 1 fully saturated rings. The Hall–Kier alpha value is -2.96. The molecule has 0 aliphatic carbocycles. The summed E-state index contributed by atoms with van der Waals surface area (Å²) in [6.45, 7) is 3.20. The Balaban J connectivity index is 1.80. The van der Waals surface area contributed by atoms with Crippen LogP contribution >= 0.6 is 0 Å². The minimum atomic E-state index is -4.51. The first-order chi connectivity index (χ1) is 11.9. The van der Waals surface area contributed by atoms with Gasteiger partial charge in [0, 0.05) is 44.3 Å². The highest BCUT2D eigenvalue weighted by molar-refractivity contribution is 5.51. The molecule has 10 heteroatoms. The second-order valence-electron chi connectivity index (χ2n) is 5.57. The van der Waals surface area contributed by atoms with Gasteiger partial charge < -0.3 is 9.80 Å². The van der Waals surface area contributed by atoms with E-state index in [1.165, 1.54) is 12.4 Å². The van der Waals surface area contributed by atoms with Gasteiger partial charge in [-0.1, -0.05) is 0 Å². The van der Waals surface area contributed by atoms with Gasteiger partial charge in [-0.2, -0.15) is 18.4 Å². The van der Waals surface area contributed by atoms with Crippen LogP contribution in [0.4, 0.5) is 24.9 Å². The number of hydrogen-bond acceptors (Lipinski definition) is 7. The molecule has 0 bridgehead atoms. The summed E-state index contributed by atoms with van der Waals surface area (Å²) >= 11 is 0. The van der Waals surface area contributed by atoms with Crippen molar-refractivity contribution in [1.29, 1.82) is 5.26 Å². The highest BCUT2D eigenvalue weighted by Gasteiger charge is 2.34. The maximum atomic E-state index is 12.8. The summed E-state index contributed by atoms with van der Waals surface area (Å²) in [5.41, 5.74) is -0.744. The van der Waals surface area contributed by atoms with Gasteiger partial charge in [0.15, 0.2) is 11.5 Å². The molecule has 2 aromatic heterocycles. The normalized spacial score (nSPS) is 18.1. The van der Waals surface area contributed by atoms with Crippen molar-refractivity contribution in [2.45, 2.75) is 19.1 Å². The van der Waals surface area contributed by atoms with Gasteiger partial charge >= 0.3 is 6.18 Å². The van der Waals surface area contributed by atoms with Gasteiger partial charge in [-0.05, 0) is 13.0 Å². The van der Waals surface area contributed by atoms with Gasteiger partial charge in [0.1, 0.15) is 11.8 Å². The van der Waals surface area contributed by atoms with Gasteiger partial charge in [-0.25, -0.2) is 19.9 Å². The molecule has 0 N–H and O–H groups in total. The Kier molecular flexibility index (Phi) is 4.39. The predicted octanol–water partition coefficient (Wildman–Crippen LogP) is 1.87.